The van der Waals surface area contributed by atoms with Crippen LogP contribution in [0.1, 0.15) is 72.4 Å². The molecule has 1 N–H and O–H groups in total. The summed E-state index contributed by atoms with van der Waals surface area (Å²) >= 11 is 0. The van der Waals surface area contributed by atoms with E-state index in [1.165, 1.54) is 43.2 Å². The van der Waals surface area contributed by atoms with E-state index in [2.05, 4.69) is 36.2 Å². The summed E-state index contributed by atoms with van der Waals surface area (Å²) in [6.07, 6.45) is 9.75. The molecule has 2 heteroatoms. The van der Waals surface area contributed by atoms with Crippen LogP contribution in [0.25, 0.3) is 16.5 Å². The number of rotatable bonds is 3. The molecule has 0 bridgehead atoms. The van der Waals surface area contributed by atoms with E-state index in [0.29, 0.717) is 5.92 Å². The lowest BCUT2D eigenvalue weighted by molar-refractivity contribution is 0.429. The summed E-state index contributed by atoms with van der Waals surface area (Å²) in [6.45, 7) is 8.18. The Balaban J connectivity index is 0.00000101. The van der Waals surface area contributed by atoms with Crippen molar-refractivity contribution >= 4 is 16.5 Å². The first-order chi connectivity index (χ1) is 11.7. The highest BCUT2D eigenvalue weighted by Crippen LogP contribution is 2.36. The first kappa shape index (κ1) is 18.5. The third-order valence-electron chi connectivity index (χ3n) is 4.99. The van der Waals surface area contributed by atoms with E-state index in [4.69, 9.17) is 0 Å². The number of fused-ring (bicyclic) bond motifs is 1. The van der Waals surface area contributed by atoms with Gasteiger partial charge in [-0.05, 0) is 66.8 Å². The zero-order valence-corrected chi connectivity index (χ0v) is 15.6. The molecule has 0 spiro atoms. The molecule has 0 aliphatic heterocycles. The average Bonchev–Trinajstić information content (AvgIpc) is 2.64. The first-order valence-electron chi connectivity index (χ1n) is 9.55. The number of hydrogen-bond donors (Lipinski definition) is 1. The van der Waals surface area contributed by atoms with Crippen LogP contribution in [0.3, 0.4) is 0 Å². The highest BCUT2D eigenvalue weighted by molar-refractivity contribution is 5.84. The molecule has 1 fully saturated rings. The second-order valence-electron chi connectivity index (χ2n) is 6.36. The molecular formula is C22H33NO. The number of pyridine rings is 1. The fourth-order valence-electron chi connectivity index (χ4n) is 3.75. The molecule has 1 aliphatic carbocycles. The zero-order valence-electron chi connectivity index (χ0n) is 15.6. The predicted octanol–water partition coefficient (Wildman–Crippen LogP) is 6.35. The number of aromatic amines is 1. The third kappa shape index (κ3) is 3.98. The molecule has 24 heavy (non-hydrogen) atoms. The van der Waals surface area contributed by atoms with Gasteiger partial charge in [-0.3, -0.25) is 4.79 Å². The van der Waals surface area contributed by atoms with Gasteiger partial charge in [0.05, 0.1) is 0 Å². The molecule has 0 unspecified atom stereocenters. The fourth-order valence-corrected chi connectivity index (χ4v) is 3.75. The van der Waals surface area contributed by atoms with E-state index in [9.17, 15) is 4.79 Å². The number of aromatic nitrogens is 1. The van der Waals surface area contributed by atoms with Crippen molar-refractivity contribution in [3.63, 3.8) is 0 Å². The summed E-state index contributed by atoms with van der Waals surface area (Å²) in [5.41, 5.74) is 4.64. The van der Waals surface area contributed by atoms with Gasteiger partial charge in [0.1, 0.15) is 0 Å². The zero-order chi connectivity index (χ0) is 17.5. The second kappa shape index (κ2) is 8.86. The van der Waals surface area contributed by atoms with Crippen molar-refractivity contribution in [2.75, 3.05) is 0 Å². The number of hydrogen-bond acceptors (Lipinski definition) is 1. The van der Waals surface area contributed by atoms with Crippen molar-refractivity contribution in [2.45, 2.75) is 66.2 Å². The Kier molecular flexibility index (Phi) is 6.84. The van der Waals surface area contributed by atoms with E-state index >= 15 is 0 Å². The highest BCUT2D eigenvalue weighted by atomic mass is 16.1. The smallest absolute Gasteiger partial charge is 0.251 e. The van der Waals surface area contributed by atoms with Crippen LogP contribution in [0.5, 0.6) is 0 Å². The topological polar surface area (TPSA) is 32.9 Å². The van der Waals surface area contributed by atoms with E-state index in [0.717, 1.165) is 22.9 Å². The minimum Gasteiger partial charge on any atom is -0.322 e. The largest absolute Gasteiger partial charge is 0.322 e. The second-order valence-corrected chi connectivity index (χ2v) is 6.36. The Morgan fingerprint density at radius 2 is 1.92 bits per heavy atom. The molecule has 2 aromatic rings. The van der Waals surface area contributed by atoms with Gasteiger partial charge in [-0.2, -0.15) is 0 Å². The van der Waals surface area contributed by atoms with Gasteiger partial charge in [-0.25, -0.2) is 0 Å². The van der Waals surface area contributed by atoms with Crippen molar-refractivity contribution in [2.24, 2.45) is 5.92 Å². The van der Waals surface area contributed by atoms with Gasteiger partial charge in [-0.1, -0.05) is 52.2 Å². The van der Waals surface area contributed by atoms with Crippen LogP contribution in [0.2, 0.25) is 0 Å². The quantitative estimate of drug-likeness (QED) is 0.700. The van der Waals surface area contributed by atoms with E-state index in [-0.39, 0.29) is 6.99 Å². The summed E-state index contributed by atoms with van der Waals surface area (Å²) in [4.78, 5) is 14.9. The molecule has 0 radical (unpaired) electrons. The van der Waals surface area contributed by atoms with E-state index < -0.39 is 0 Å². The molecule has 0 amide bonds. The molecule has 1 aromatic carbocycles. The number of nitrogens with one attached hydrogen (secondary N) is 1. The Morgan fingerprint density at radius 1 is 1.21 bits per heavy atom. The minimum atomic E-state index is 0. The lowest BCUT2D eigenvalue weighted by Crippen LogP contribution is -2.11. The number of H-pyrrole nitrogens is 1. The predicted molar refractivity (Wildman–Crippen MR) is 108 cm³/mol. The number of allylic oxidation sites excluding steroid dienone is 2. The van der Waals surface area contributed by atoms with Gasteiger partial charge < -0.3 is 4.98 Å². The molecule has 2 nitrogen and oxygen atoms in total. The van der Waals surface area contributed by atoms with Crippen molar-refractivity contribution in [1.29, 1.82) is 0 Å². The SMILES string of the molecule is C/C=C(\c1ccc2[nH]c(=O)c(CC)cc2c1)C1CCCCC1.CC.[HH]. The summed E-state index contributed by atoms with van der Waals surface area (Å²) in [6, 6.07) is 8.51. The molecule has 3 rings (SSSR count). The van der Waals surface area contributed by atoms with Crippen molar-refractivity contribution in [3.05, 3.63) is 51.8 Å². The van der Waals surface area contributed by atoms with Gasteiger partial charge in [0.25, 0.3) is 5.56 Å². The highest BCUT2D eigenvalue weighted by Gasteiger charge is 2.18. The molecule has 0 saturated heterocycles. The fraction of sp³-hybridized carbons (Fsp3) is 0.500. The third-order valence-corrected chi connectivity index (χ3v) is 4.99. The number of aryl methyl sites for hydroxylation is 1. The Bertz CT molecular complexity index is 754. The Morgan fingerprint density at radius 3 is 2.54 bits per heavy atom. The lowest BCUT2D eigenvalue weighted by atomic mass is 9.80. The van der Waals surface area contributed by atoms with Crippen LogP contribution in [0.15, 0.2) is 35.1 Å². The summed E-state index contributed by atoms with van der Waals surface area (Å²) in [5, 5.41) is 1.14. The van der Waals surface area contributed by atoms with Crippen molar-refractivity contribution in [3.8, 4) is 0 Å². The average molecular weight is 328 g/mol. The molecule has 0 atom stereocenters. The van der Waals surface area contributed by atoms with E-state index in [1.807, 2.05) is 26.8 Å². The summed E-state index contributed by atoms with van der Waals surface area (Å²) < 4.78 is 0. The van der Waals surface area contributed by atoms with Crippen LogP contribution >= 0.6 is 0 Å². The Labute approximate surface area is 147 Å². The maximum Gasteiger partial charge on any atom is 0.251 e. The van der Waals surface area contributed by atoms with Gasteiger partial charge in [0, 0.05) is 12.5 Å². The van der Waals surface area contributed by atoms with Crippen LogP contribution in [0, 0.1) is 5.92 Å². The Hall–Kier alpha value is -1.83. The molecule has 1 aliphatic rings. The van der Waals surface area contributed by atoms with Crippen molar-refractivity contribution in [1.82, 2.24) is 4.98 Å². The summed E-state index contributed by atoms with van der Waals surface area (Å²) in [7, 11) is 0. The first-order valence-corrected chi connectivity index (χ1v) is 9.55. The standard InChI is InChI=1S/C20H25NO.C2H6.H2/c1-3-14-12-17-13-16(10-11-19(17)21-20(14)22)18(4-2)15-8-6-5-7-9-15;1-2;/h4,10-13,15H,3,5-9H2,1-2H3,(H,21,22);1-2H3;1H/b18-4-;;. The molecule has 132 valence electrons. The van der Waals surface area contributed by atoms with Crippen LogP contribution in [-0.2, 0) is 6.42 Å². The maximum absolute atomic E-state index is 11.9. The van der Waals surface area contributed by atoms with Crippen LogP contribution in [-0.4, -0.2) is 4.98 Å². The monoisotopic (exact) mass is 327 g/mol. The lowest BCUT2D eigenvalue weighted by Gasteiger charge is -2.25. The molecule has 1 aromatic heterocycles. The van der Waals surface area contributed by atoms with Gasteiger partial charge >= 0.3 is 0 Å². The van der Waals surface area contributed by atoms with Gasteiger partial charge in [0.15, 0.2) is 0 Å². The maximum atomic E-state index is 11.9. The van der Waals surface area contributed by atoms with Crippen LogP contribution in [0.4, 0.5) is 0 Å². The molecule has 1 heterocycles. The van der Waals surface area contributed by atoms with Gasteiger partial charge in [0.2, 0.25) is 0 Å². The summed E-state index contributed by atoms with van der Waals surface area (Å²) in [5.74, 6) is 0.699. The van der Waals surface area contributed by atoms with Gasteiger partial charge in [-0.15, -0.1) is 0 Å². The van der Waals surface area contributed by atoms with E-state index in [1.54, 1.807) is 0 Å². The molecular weight excluding hydrogens is 294 g/mol. The van der Waals surface area contributed by atoms with Crippen LogP contribution < -0.4 is 5.56 Å². The normalized spacial score (nSPS) is 15.9. The molecule has 1 saturated carbocycles. The minimum absolute atomic E-state index is 0. The number of benzene rings is 1. The van der Waals surface area contributed by atoms with Crippen molar-refractivity contribution < 1.29 is 1.43 Å².